The van der Waals surface area contributed by atoms with E-state index in [0.29, 0.717) is 12.8 Å². The number of rotatable bonds is 35. The largest absolute Gasteiger partial charge is 0.481 e. The summed E-state index contributed by atoms with van der Waals surface area (Å²) in [5.41, 5.74) is 0. The number of amides is 2. The molecule has 54 heavy (non-hydrogen) atoms. The number of hydrogen-bond acceptors (Lipinski definition) is 10. The highest BCUT2D eigenvalue weighted by molar-refractivity contribution is 5.88. The van der Waals surface area contributed by atoms with E-state index in [9.17, 15) is 68.4 Å². The quantitative estimate of drug-likeness (QED) is 0.0449. The van der Waals surface area contributed by atoms with E-state index in [4.69, 9.17) is 5.11 Å². The van der Waals surface area contributed by atoms with Crippen LogP contribution in [0.5, 0.6) is 0 Å². The van der Waals surface area contributed by atoms with Gasteiger partial charge < -0.3 is 41.0 Å². The van der Waals surface area contributed by atoms with Crippen LogP contribution in [0.2, 0.25) is 0 Å². The highest BCUT2D eigenvalue weighted by Crippen LogP contribution is 2.18. The molecule has 0 unspecified atom stereocenters. The molecule has 0 heterocycles. The monoisotopic (exact) mass is 770 g/mol. The van der Waals surface area contributed by atoms with Gasteiger partial charge >= 0.3 is 29.8 Å². The number of aliphatic carboxylic acids is 5. The summed E-state index contributed by atoms with van der Waals surface area (Å²) in [6, 6.07) is -2.89. The van der Waals surface area contributed by atoms with Crippen LogP contribution in [0, 0.1) is 11.8 Å². The fourth-order valence-electron chi connectivity index (χ4n) is 5.70. The normalized spacial score (nSPS) is 13.1. The lowest BCUT2D eigenvalue weighted by atomic mass is 9.93. The molecule has 2 amide bonds. The Balaban J connectivity index is 4.61. The smallest absolute Gasteiger partial charge is 0.326 e. The van der Waals surface area contributed by atoms with Crippen molar-refractivity contribution in [2.24, 2.45) is 11.8 Å². The van der Waals surface area contributed by atoms with Crippen LogP contribution in [0.4, 0.5) is 0 Å². The van der Waals surface area contributed by atoms with Crippen LogP contribution in [0.25, 0.3) is 0 Å². The van der Waals surface area contributed by atoms with Gasteiger partial charge in [-0.05, 0) is 45.4 Å². The zero-order valence-electron chi connectivity index (χ0n) is 31.2. The molecule has 0 bridgehead atoms. The standard InChI is InChI=1S/C37H58N2O15/c1-24(40)14-15-25(34(47)48)22-27(41)18-20-30(37(53)54)39-32(44)21-16-26(35(49)50)23-28(42)17-19-29(36(51)52)38-31(43)12-10-8-6-4-2-3-5-7-9-11-13-33(45)46/h25-26,29-30H,2-23H2,1H3,(H,38,43)(H,39,44)(H,45,46)(H,47,48)(H,49,50)(H,51,52)(H,53,54)/t25-,26-,29+,30+/m1/s1. The van der Waals surface area contributed by atoms with Crippen molar-refractivity contribution >= 4 is 59.0 Å². The van der Waals surface area contributed by atoms with Gasteiger partial charge in [-0.15, -0.1) is 0 Å². The molecule has 7 N–H and O–H groups in total. The van der Waals surface area contributed by atoms with Crippen molar-refractivity contribution in [1.29, 1.82) is 0 Å². The highest BCUT2D eigenvalue weighted by atomic mass is 16.4. The maximum Gasteiger partial charge on any atom is 0.326 e. The summed E-state index contributed by atoms with van der Waals surface area (Å²) in [4.78, 5) is 118. The lowest BCUT2D eigenvalue weighted by Crippen LogP contribution is -2.41. The Hall–Kier alpha value is -4.70. The summed E-state index contributed by atoms with van der Waals surface area (Å²) in [6.45, 7) is 1.28. The minimum atomic E-state index is -1.53. The Morgan fingerprint density at radius 3 is 1.11 bits per heavy atom. The van der Waals surface area contributed by atoms with Crippen molar-refractivity contribution in [3.63, 3.8) is 0 Å². The molecule has 0 spiro atoms. The maximum atomic E-state index is 12.6. The Morgan fingerprint density at radius 1 is 0.407 bits per heavy atom. The molecular formula is C37H58N2O15. The summed E-state index contributed by atoms with van der Waals surface area (Å²) in [5, 5.41) is 51.1. The first-order valence-corrected chi connectivity index (χ1v) is 18.7. The summed E-state index contributed by atoms with van der Waals surface area (Å²) < 4.78 is 0. The minimum absolute atomic E-state index is 0.0345. The van der Waals surface area contributed by atoms with E-state index in [0.717, 1.165) is 51.4 Å². The number of unbranched alkanes of at least 4 members (excludes halogenated alkanes) is 9. The summed E-state index contributed by atoms with van der Waals surface area (Å²) in [6.07, 6.45) is 6.08. The molecule has 0 aliphatic carbocycles. The van der Waals surface area contributed by atoms with Crippen molar-refractivity contribution in [2.45, 2.75) is 160 Å². The zero-order chi connectivity index (χ0) is 41.1. The third-order valence-corrected chi connectivity index (χ3v) is 8.95. The van der Waals surface area contributed by atoms with Crippen molar-refractivity contribution in [3.05, 3.63) is 0 Å². The van der Waals surface area contributed by atoms with Gasteiger partial charge in [0.05, 0.1) is 11.8 Å². The fourth-order valence-corrected chi connectivity index (χ4v) is 5.70. The van der Waals surface area contributed by atoms with Gasteiger partial charge in [-0.1, -0.05) is 51.4 Å². The molecule has 0 rings (SSSR count). The molecule has 0 radical (unpaired) electrons. The van der Waals surface area contributed by atoms with E-state index in [1.165, 1.54) is 6.92 Å². The van der Waals surface area contributed by atoms with E-state index >= 15 is 0 Å². The molecule has 0 fully saturated rings. The number of carbonyl (C=O) groups excluding carboxylic acids is 5. The van der Waals surface area contributed by atoms with Crippen LogP contribution in [-0.2, 0) is 47.9 Å². The fraction of sp³-hybridized carbons (Fsp3) is 0.730. The van der Waals surface area contributed by atoms with Gasteiger partial charge in [-0.25, -0.2) is 9.59 Å². The number of carboxylic acid groups (broad SMARTS) is 5. The van der Waals surface area contributed by atoms with Gasteiger partial charge in [0, 0.05) is 51.4 Å². The van der Waals surface area contributed by atoms with Crippen molar-refractivity contribution in [1.82, 2.24) is 10.6 Å². The predicted molar refractivity (Wildman–Crippen MR) is 191 cm³/mol. The molecular weight excluding hydrogens is 712 g/mol. The topological polar surface area (TPSA) is 296 Å². The molecule has 306 valence electrons. The number of ketones is 3. The summed E-state index contributed by atoms with van der Waals surface area (Å²) >= 11 is 0. The van der Waals surface area contributed by atoms with Crippen LogP contribution in [-0.4, -0.2) is 96.6 Å². The average molecular weight is 771 g/mol. The first-order valence-electron chi connectivity index (χ1n) is 18.7. The summed E-state index contributed by atoms with van der Waals surface area (Å²) in [7, 11) is 0. The van der Waals surface area contributed by atoms with Crippen LogP contribution < -0.4 is 10.6 Å². The van der Waals surface area contributed by atoms with Gasteiger partial charge in [0.2, 0.25) is 11.8 Å². The van der Waals surface area contributed by atoms with E-state index in [1.54, 1.807) is 0 Å². The molecule has 17 heteroatoms. The second-order valence-corrected chi connectivity index (χ2v) is 13.8. The second-order valence-electron chi connectivity index (χ2n) is 13.8. The Labute approximate surface area is 315 Å². The first-order chi connectivity index (χ1) is 25.4. The number of carboxylic acids is 5. The maximum absolute atomic E-state index is 12.6. The predicted octanol–water partition coefficient (Wildman–Crippen LogP) is 3.92. The molecule has 0 aliphatic rings. The second kappa shape index (κ2) is 28.8. The average Bonchev–Trinajstić information content (AvgIpc) is 3.08. The molecule has 0 aromatic heterocycles. The number of nitrogens with one attached hydrogen (secondary N) is 2. The first kappa shape index (κ1) is 49.3. The van der Waals surface area contributed by atoms with Crippen molar-refractivity contribution < 1.29 is 73.5 Å². The number of carbonyl (C=O) groups is 10. The highest BCUT2D eigenvalue weighted by Gasteiger charge is 2.28. The van der Waals surface area contributed by atoms with Crippen molar-refractivity contribution in [3.8, 4) is 0 Å². The molecule has 0 aliphatic heterocycles. The van der Waals surface area contributed by atoms with Gasteiger partial charge in [0.15, 0.2) is 0 Å². The Bertz CT molecular complexity index is 1280. The molecule has 0 aromatic rings. The molecule has 0 saturated heterocycles. The van der Waals surface area contributed by atoms with Crippen LogP contribution >= 0.6 is 0 Å². The minimum Gasteiger partial charge on any atom is -0.481 e. The summed E-state index contributed by atoms with van der Waals surface area (Å²) in [5.74, 6) is -11.5. The molecule has 0 aromatic carbocycles. The lowest BCUT2D eigenvalue weighted by molar-refractivity contribution is -0.145. The zero-order valence-corrected chi connectivity index (χ0v) is 31.2. The van der Waals surface area contributed by atoms with Gasteiger partial charge in [-0.2, -0.15) is 0 Å². The molecule has 17 nitrogen and oxygen atoms in total. The lowest BCUT2D eigenvalue weighted by Gasteiger charge is -2.17. The van der Waals surface area contributed by atoms with E-state index in [1.807, 2.05) is 0 Å². The molecule has 4 atom stereocenters. The van der Waals surface area contributed by atoms with Crippen LogP contribution in [0.1, 0.15) is 148 Å². The van der Waals surface area contributed by atoms with E-state index in [-0.39, 0.29) is 63.6 Å². The van der Waals surface area contributed by atoms with Gasteiger partial charge in [0.25, 0.3) is 0 Å². The van der Waals surface area contributed by atoms with Crippen molar-refractivity contribution in [2.75, 3.05) is 0 Å². The number of Topliss-reactive ketones (excluding diaryl/α,β-unsaturated/α-hetero) is 3. The van der Waals surface area contributed by atoms with Crippen LogP contribution in [0.3, 0.4) is 0 Å². The third-order valence-electron chi connectivity index (χ3n) is 8.95. The SMILES string of the molecule is CC(=O)CC[C@H](CC(=O)CC[C@H](NC(=O)CC[C@H](CC(=O)CC[C@H](NC(=O)CCCCCCCCCCCCC(=O)O)C(=O)O)C(=O)O)C(=O)O)C(=O)O. The third kappa shape index (κ3) is 26.1. The van der Waals surface area contributed by atoms with Gasteiger partial charge in [-0.3, -0.25) is 33.6 Å². The van der Waals surface area contributed by atoms with Gasteiger partial charge in [0.1, 0.15) is 29.4 Å². The Kier molecular flexibility index (Phi) is 26.3. The number of hydrogen-bond donors (Lipinski definition) is 7. The van der Waals surface area contributed by atoms with E-state index < -0.39 is 96.4 Å². The Morgan fingerprint density at radius 2 is 0.759 bits per heavy atom. The van der Waals surface area contributed by atoms with E-state index in [2.05, 4.69) is 10.6 Å². The van der Waals surface area contributed by atoms with Crippen LogP contribution in [0.15, 0.2) is 0 Å². The molecule has 0 saturated carbocycles.